The maximum absolute atomic E-state index is 14.2. The van der Waals surface area contributed by atoms with Crippen LogP contribution in [0.5, 0.6) is 0 Å². The fraction of sp³-hybridized carbons (Fsp3) is 0.500. The number of anilines is 1. The summed E-state index contributed by atoms with van der Waals surface area (Å²) in [5.74, 6) is -0.777. The first-order valence-corrected chi connectivity index (χ1v) is 8.82. The van der Waals surface area contributed by atoms with Crippen LogP contribution < -0.4 is 5.32 Å². The number of sulfone groups is 1. The van der Waals surface area contributed by atoms with Crippen LogP contribution in [0, 0.1) is 5.82 Å². The molecule has 7 heteroatoms. The third-order valence-electron chi connectivity index (χ3n) is 3.96. The predicted octanol–water partition coefficient (Wildman–Crippen LogP) is 2.81. The summed E-state index contributed by atoms with van der Waals surface area (Å²) < 4.78 is 36.6. The molecule has 0 spiro atoms. The second-order valence-electron chi connectivity index (χ2n) is 5.82. The van der Waals surface area contributed by atoms with Crippen LogP contribution in [0.3, 0.4) is 0 Å². The molecule has 1 aliphatic rings. The molecule has 1 N–H and O–H groups in total. The van der Waals surface area contributed by atoms with E-state index in [0.29, 0.717) is 18.5 Å². The lowest BCUT2D eigenvalue weighted by Crippen LogP contribution is -2.36. The number of halogens is 2. The smallest absolute Gasteiger partial charge is 0.224 e. The van der Waals surface area contributed by atoms with Crippen molar-refractivity contribution in [1.29, 1.82) is 0 Å². The molecule has 0 radical (unpaired) electrons. The van der Waals surface area contributed by atoms with Gasteiger partial charge in [0.2, 0.25) is 5.91 Å². The van der Waals surface area contributed by atoms with Gasteiger partial charge in [-0.2, -0.15) is 0 Å². The minimum atomic E-state index is -3.46. The van der Waals surface area contributed by atoms with Gasteiger partial charge < -0.3 is 5.32 Å². The van der Waals surface area contributed by atoms with Crippen LogP contribution in [0.4, 0.5) is 10.1 Å². The Morgan fingerprint density at radius 2 is 1.95 bits per heavy atom. The zero-order valence-electron chi connectivity index (χ0n) is 12.0. The highest BCUT2D eigenvalue weighted by Crippen LogP contribution is 2.40. The van der Waals surface area contributed by atoms with E-state index in [2.05, 4.69) is 5.32 Å². The number of hydrogen-bond donors (Lipinski definition) is 1. The fourth-order valence-electron chi connectivity index (χ4n) is 2.18. The highest BCUT2D eigenvalue weighted by Gasteiger charge is 2.40. The van der Waals surface area contributed by atoms with E-state index in [9.17, 15) is 17.6 Å². The number of nitrogens with one attached hydrogen (secondary N) is 1. The van der Waals surface area contributed by atoms with E-state index in [0.717, 1.165) is 11.8 Å². The molecule has 2 rings (SSSR count). The summed E-state index contributed by atoms with van der Waals surface area (Å²) in [7, 11) is -3.46. The molecule has 1 atom stereocenters. The second-order valence-corrected chi connectivity index (χ2v) is 8.85. The molecule has 0 aromatic heterocycles. The second kappa shape index (κ2) is 5.25. The fourth-order valence-corrected chi connectivity index (χ4v) is 3.33. The minimum Gasteiger partial charge on any atom is -0.326 e. The third kappa shape index (κ3) is 2.92. The number of carbonyl (C=O) groups is 1. The van der Waals surface area contributed by atoms with Gasteiger partial charge in [0.25, 0.3) is 0 Å². The van der Waals surface area contributed by atoms with Gasteiger partial charge in [-0.1, -0.05) is 0 Å². The van der Waals surface area contributed by atoms with Crippen molar-refractivity contribution in [2.24, 2.45) is 0 Å². The Morgan fingerprint density at radius 3 is 2.52 bits per heavy atom. The van der Waals surface area contributed by atoms with Gasteiger partial charge in [-0.05, 0) is 38.0 Å². The van der Waals surface area contributed by atoms with Gasteiger partial charge in [0.15, 0.2) is 9.84 Å². The summed E-state index contributed by atoms with van der Waals surface area (Å²) in [5, 5.41) is 1.58. The number of benzene rings is 1. The number of alkyl halides is 1. The Bertz CT molecular complexity index is 700. The average Bonchev–Trinajstić information content (AvgIpc) is 2.35. The number of carbonyl (C=O) groups excluding carboxylic acids is 1. The largest absolute Gasteiger partial charge is 0.326 e. The number of rotatable bonds is 3. The molecule has 0 saturated heterocycles. The Kier molecular flexibility index (Phi) is 4.06. The summed E-state index contributed by atoms with van der Waals surface area (Å²) in [6, 6.07) is 2.75. The molecule has 1 unspecified atom stereocenters. The molecule has 0 saturated carbocycles. The normalized spacial score (nSPS) is 17.1. The quantitative estimate of drug-likeness (QED) is 0.865. The van der Waals surface area contributed by atoms with Crippen molar-refractivity contribution < 1.29 is 17.6 Å². The lowest BCUT2D eigenvalue weighted by molar-refractivity contribution is -0.116. The van der Waals surface area contributed by atoms with Gasteiger partial charge in [-0.15, -0.1) is 11.6 Å². The van der Waals surface area contributed by atoms with Gasteiger partial charge in [0, 0.05) is 23.9 Å². The summed E-state index contributed by atoms with van der Waals surface area (Å²) in [6.45, 7) is 2.95. The van der Waals surface area contributed by atoms with Crippen LogP contribution >= 0.6 is 11.6 Å². The molecule has 0 bridgehead atoms. The average molecular weight is 334 g/mol. The van der Waals surface area contributed by atoms with Gasteiger partial charge in [-0.3, -0.25) is 4.79 Å². The maximum Gasteiger partial charge on any atom is 0.224 e. The van der Waals surface area contributed by atoms with Crippen molar-refractivity contribution in [2.75, 3.05) is 11.6 Å². The van der Waals surface area contributed by atoms with E-state index in [1.807, 2.05) is 0 Å². The topological polar surface area (TPSA) is 63.2 Å². The molecule has 1 amide bonds. The minimum absolute atomic E-state index is 0.141. The van der Waals surface area contributed by atoms with E-state index in [1.165, 1.54) is 19.9 Å². The van der Waals surface area contributed by atoms with Crippen molar-refractivity contribution in [1.82, 2.24) is 0 Å². The maximum atomic E-state index is 14.2. The lowest BCUT2D eigenvalue weighted by Gasteiger charge is -2.29. The Labute approximate surface area is 128 Å². The number of aryl methyl sites for hydroxylation is 1. The molecule has 1 aromatic rings. The summed E-state index contributed by atoms with van der Waals surface area (Å²) in [6.07, 6.45) is 1.89. The first-order chi connectivity index (χ1) is 9.54. The van der Waals surface area contributed by atoms with Crippen LogP contribution in [-0.2, 0) is 21.1 Å². The summed E-state index contributed by atoms with van der Waals surface area (Å²) >= 11 is 6.25. The van der Waals surface area contributed by atoms with E-state index < -0.39 is 25.8 Å². The van der Waals surface area contributed by atoms with Crippen LogP contribution in [0.25, 0.3) is 0 Å². The van der Waals surface area contributed by atoms with Crippen LogP contribution in [0.1, 0.15) is 36.8 Å². The van der Waals surface area contributed by atoms with Crippen LogP contribution in [-0.4, -0.2) is 25.3 Å². The molecule has 1 heterocycles. The Morgan fingerprint density at radius 1 is 1.33 bits per heavy atom. The Hall–Kier alpha value is -1.14. The predicted molar refractivity (Wildman–Crippen MR) is 80.9 cm³/mol. The molecule has 0 fully saturated rings. The molecule has 4 nitrogen and oxygen atoms in total. The van der Waals surface area contributed by atoms with Crippen molar-refractivity contribution >= 4 is 33.0 Å². The molecule has 0 aliphatic carbocycles. The van der Waals surface area contributed by atoms with Gasteiger partial charge in [0.1, 0.15) is 5.82 Å². The van der Waals surface area contributed by atoms with Crippen molar-refractivity contribution in [3.63, 3.8) is 0 Å². The van der Waals surface area contributed by atoms with Crippen molar-refractivity contribution in [3.8, 4) is 0 Å². The van der Waals surface area contributed by atoms with Crippen molar-refractivity contribution in [2.45, 2.75) is 36.8 Å². The lowest BCUT2D eigenvalue weighted by atomic mass is 9.94. The number of fused-ring (bicyclic) bond motifs is 1. The highest BCUT2D eigenvalue weighted by atomic mass is 35.5. The van der Waals surface area contributed by atoms with Gasteiger partial charge in [-0.25, -0.2) is 12.8 Å². The van der Waals surface area contributed by atoms with Crippen LogP contribution in [0.2, 0.25) is 0 Å². The zero-order chi connectivity index (χ0) is 16.0. The van der Waals surface area contributed by atoms with Gasteiger partial charge >= 0.3 is 0 Å². The third-order valence-corrected chi connectivity index (χ3v) is 7.01. The van der Waals surface area contributed by atoms with E-state index in [4.69, 9.17) is 11.6 Å². The molecule has 1 aliphatic heterocycles. The monoisotopic (exact) mass is 333 g/mol. The SMILES string of the molecule is CC(C)(C(Cl)c1cc2c(cc1F)NC(=O)CC2)S(C)(=O)=O. The standard InChI is InChI=1S/C14H17ClFNO3S/c1-14(2,21(3,19)20)13(15)9-6-8-4-5-12(18)17-11(8)7-10(9)16/h6-7,13H,4-5H2,1-3H3,(H,17,18). The van der Waals surface area contributed by atoms with Gasteiger partial charge in [0.05, 0.1) is 10.1 Å². The summed E-state index contributed by atoms with van der Waals surface area (Å²) in [5.41, 5.74) is 1.33. The first kappa shape index (κ1) is 16.2. The first-order valence-electron chi connectivity index (χ1n) is 6.50. The molecular formula is C14H17ClFNO3S. The van der Waals surface area contributed by atoms with Crippen molar-refractivity contribution in [3.05, 3.63) is 29.1 Å². The van der Waals surface area contributed by atoms with E-state index in [-0.39, 0.29) is 11.5 Å². The zero-order valence-corrected chi connectivity index (χ0v) is 13.6. The molecule has 1 aromatic carbocycles. The van der Waals surface area contributed by atoms with E-state index >= 15 is 0 Å². The molecule has 21 heavy (non-hydrogen) atoms. The number of hydrogen-bond acceptors (Lipinski definition) is 3. The Balaban J connectivity index is 2.48. The highest BCUT2D eigenvalue weighted by molar-refractivity contribution is 7.92. The van der Waals surface area contributed by atoms with E-state index in [1.54, 1.807) is 6.07 Å². The van der Waals surface area contributed by atoms with Crippen LogP contribution in [0.15, 0.2) is 12.1 Å². The molecular weight excluding hydrogens is 317 g/mol. The number of amides is 1. The molecule has 116 valence electrons. The summed E-state index contributed by atoms with van der Waals surface area (Å²) in [4.78, 5) is 11.3.